The highest BCUT2D eigenvalue weighted by Gasteiger charge is 2.11. The number of carbonyl (C=O) groups is 1. The van der Waals surface area contributed by atoms with Crippen molar-refractivity contribution in [1.82, 2.24) is 4.98 Å². The average Bonchev–Trinajstić information content (AvgIpc) is 2.47. The molecule has 0 N–H and O–H groups in total. The molecular weight excluding hydrogens is 170 g/mol. The molecular formula is C9H13NOS. The highest BCUT2D eigenvalue weighted by Crippen LogP contribution is 2.19. The number of nitrogens with zero attached hydrogens (tertiary/aromatic N) is 1. The van der Waals surface area contributed by atoms with Crippen molar-refractivity contribution in [2.75, 3.05) is 0 Å². The Hall–Kier alpha value is -0.700. The van der Waals surface area contributed by atoms with Crippen molar-refractivity contribution in [2.45, 2.75) is 33.6 Å². The Balaban J connectivity index is 3.08. The quantitative estimate of drug-likeness (QED) is 0.674. The maximum atomic E-state index is 11.1. The summed E-state index contributed by atoms with van der Waals surface area (Å²) in [6.45, 7) is 5.69. The van der Waals surface area contributed by atoms with Crippen molar-refractivity contribution in [3.05, 3.63) is 15.6 Å². The first-order chi connectivity index (χ1) is 5.69. The lowest BCUT2D eigenvalue weighted by molar-refractivity contribution is 0.102. The van der Waals surface area contributed by atoms with Gasteiger partial charge in [-0.15, -0.1) is 11.3 Å². The first-order valence-electron chi connectivity index (χ1n) is 4.18. The molecule has 3 heteroatoms. The highest BCUT2D eigenvalue weighted by molar-refractivity contribution is 7.13. The Morgan fingerprint density at radius 2 is 2.08 bits per heavy atom. The topological polar surface area (TPSA) is 30.0 Å². The SMILES string of the molecule is CCc1nc(CC)c(C(C)=O)s1. The van der Waals surface area contributed by atoms with Gasteiger partial charge in [0, 0.05) is 6.92 Å². The summed E-state index contributed by atoms with van der Waals surface area (Å²) in [5, 5.41) is 1.07. The molecule has 0 saturated carbocycles. The third-order valence-electron chi connectivity index (χ3n) is 1.70. The first kappa shape index (κ1) is 9.39. The van der Waals surface area contributed by atoms with Gasteiger partial charge in [0.25, 0.3) is 0 Å². The molecule has 0 fully saturated rings. The van der Waals surface area contributed by atoms with Crippen LogP contribution in [0.15, 0.2) is 0 Å². The lowest BCUT2D eigenvalue weighted by atomic mass is 10.2. The Morgan fingerprint density at radius 1 is 1.42 bits per heavy atom. The molecule has 2 nitrogen and oxygen atoms in total. The Bertz CT molecular complexity index is 291. The van der Waals surface area contributed by atoms with Crippen LogP contribution < -0.4 is 0 Å². The minimum Gasteiger partial charge on any atom is -0.294 e. The van der Waals surface area contributed by atoms with E-state index in [0.29, 0.717) is 0 Å². The van der Waals surface area contributed by atoms with E-state index in [2.05, 4.69) is 11.9 Å². The van der Waals surface area contributed by atoms with Gasteiger partial charge in [0.1, 0.15) is 0 Å². The highest BCUT2D eigenvalue weighted by atomic mass is 32.1. The minimum atomic E-state index is 0.143. The summed E-state index contributed by atoms with van der Waals surface area (Å²) >= 11 is 1.53. The van der Waals surface area contributed by atoms with Crippen LogP contribution in [-0.2, 0) is 12.8 Å². The molecule has 0 saturated heterocycles. The van der Waals surface area contributed by atoms with Gasteiger partial charge in [-0.1, -0.05) is 13.8 Å². The molecule has 0 aliphatic heterocycles. The largest absolute Gasteiger partial charge is 0.294 e. The number of hydrogen-bond donors (Lipinski definition) is 0. The summed E-state index contributed by atoms with van der Waals surface area (Å²) in [7, 11) is 0. The van der Waals surface area contributed by atoms with Crippen molar-refractivity contribution in [3.63, 3.8) is 0 Å². The van der Waals surface area contributed by atoms with E-state index in [1.54, 1.807) is 6.92 Å². The summed E-state index contributed by atoms with van der Waals surface area (Å²) in [6.07, 6.45) is 1.77. The monoisotopic (exact) mass is 183 g/mol. The maximum Gasteiger partial charge on any atom is 0.171 e. The van der Waals surface area contributed by atoms with Crippen LogP contribution in [0.2, 0.25) is 0 Å². The smallest absolute Gasteiger partial charge is 0.171 e. The zero-order chi connectivity index (χ0) is 9.14. The van der Waals surface area contributed by atoms with E-state index < -0.39 is 0 Å². The number of aryl methyl sites for hydroxylation is 2. The van der Waals surface area contributed by atoms with Gasteiger partial charge in [0.15, 0.2) is 5.78 Å². The van der Waals surface area contributed by atoms with Gasteiger partial charge in [0.05, 0.1) is 15.6 Å². The maximum absolute atomic E-state index is 11.1. The number of hydrogen-bond acceptors (Lipinski definition) is 3. The van der Waals surface area contributed by atoms with E-state index in [9.17, 15) is 4.79 Å². The van der Waals surface area contributed by atoms with Gasteiger partial charge in [-0.25, -0.2) is 4.98 Å². The van der Waals surface area contributed by atoms with Gasteiger partial charge in [0.2, 0.25) is 0 Å². The number of rotatable bonds is 3. The van der Waals surface area contributed by atoms with Crippen LogP contribution in [0.3, 0.4) is 0 Å². The fraction of sp³-hybridized carbons (Fsp3) is 0.556. The fourth-order valence-corrected chi connectivity index (χ4v) is 2.05. The molecule has 0 aliphatic rings. The van der Waals surface area contributed by atoms with E-state index >= 15 is 0 Å². The molecule has 0 radical (unpaired) electrons. The summed E-state index contributed by atoms with van der Waals surface area (Å²) in [5.41, 5.74) is 0.962. The Kier molecular flexibility index (Phi) is 2.98. The van der Waals surface area contributed by atoms with Crippen LogP contribution in [0.25, 0.3) is 0 Å². The Morgan fingerprint density at radius 3 is 2.42 bits per heavy atom. The van der Waals surface area contributed by atoms with Gasteiger partial charge < -0.3 is 0 Å². The van der Waals surface area contributed by atoms with Crippen molar-refractivity contribution >= 4 is 17.1 Å². The van der Waals surface area contributed by atoms with Crippen LogP contribution in [-0.4, -0.2) is 10.8 Å². The molecule has 0 bridgehead atoms. The van der Waals surface area contributed by atoms with Crippen LogP contribution in [0.5, 0.6) is 0 Å². The summed E-state index contributed by atoms with van der Waals surface area (Å²) < 4.78 is 0. The van der Waals surface area contributed by atoms with Crippen molar-refractivity contribution in [2.24, 2.45) is 0 Å². The van der Waals surface area contributed by atoms with E-state index in [0.717, 1.165) is 28.4 Å². The summed E-state index contributed by atoms with van der Waals surface area (Å²) in [6, 6.07) is 0. The average molecular weight is 183 g/mol. The molecule has 0 unspecified atom stereocenters. The van der Waals surface area contributed by atoms with Crippen LogP contribution in [0, 0.1) is 0 Å². The van der Waals surface area contributed by atoms with E-state index in [1.165, 1.54) is 11.3 Å². The number of thiazole rings is 1. The lowest BCUT2D eigenvalue weighted by Crippen LogP contribution is -1.93. The Labute approximate surface area is 76.6 Å². The second-order valence-electron chi connectivity index (χ2n) is 2.65. The van der Waals surface area contributed by atoms with Crippen molar-refractivity contribution in [1.29, 1.82) is 0 Å². The fourth-order valence-electron chi connectivity index (χ4n) is 1.07. The molecule has 66 valence electrons. The molecule has 1 heterocycles. The predicted molar refractivity (Wildman–Crippen MR) is 50.9 cm³/mol. The van der Waals surface area contributed by atoms with E-state index in [4.69, 9.17) is 0 Å². The molecule has 1 aromatic heterocycles. The van der Waals surface area contributed by atoms with Gasteiger partial charge in [-0.2, -0.15) is 0 Å². The number of carbonyl (C=O) groups excluding carboxylic acids is 1. The van der Waals surface area contributed by atoms with Gasteiger partial charge in [-0.3, -0.25) is 4.79 Å². The molecule has 0 aliphatic carbocycles. The van der Waals surface area contributed by atoms with E-state index in [-0.39, 0.29) is 5.78 Å². The second-order valence-corrected chi connectivity index (χ2v) is 3.73. The molecule has 0 aromatic carbocycles. The lowest BCUT2D eigenvalue weighted by Gasteiger charge is -1.90. The zero-order valence-electron chi connectivity index (χ0n) is 7.68. The van der Waals surface area contributed by atoms with Crippen molar-refractivity contribution in [3.8, 4) is 0 Å². The minimum absolute atomic E-state index is 0.143. The number of Topliss-reactive ketones (excluding diaryl/α,β-unsaturated/α-hetero) is 1. The van der Waals surface area contributed by atoms with Gasteiger partial charge >= 0.3 is 0 Å². The third-order valence-corrected chi connectivity index (χ3v) is 3.04. The molecule has 1 rings (SSSR count). The molecule has 12 heavy (non-hydrogen) atoms. The normalized spacial score (nSPS) is 10.2. The van der Waals surface area contributed by atoms with Crippen LogP contribution in [0.1, 0.15) is 41.1 Å². The molecule has 0 atom stereocenters. The second kappa shape index (κ2) is 3.81. The predicted octanol–water partition coefficient (Wildman–Crippen LogP) is 2.47. The number of ketones is 1. The molecule has 0 amide bonds. The zero-order valence-corrected chi connectivity index (χ0v) is 8.49. The first-order valence-corrected chi connectivity index (χ1v) is 5.00. The molecule has 1 aromatic rings. The number of aromatic nitrogens is 1. The molecule has 0 spiro atoms. The standard InChI is InChI=1S/C9H13NOS/c1-4-7-9(6(3)11)12-8(5-2)10-7/h4-5H2,1-3H3. The van der Waals surface area contributed by atoms with E-state index in [1.807, 2.05) is 6.92 Å². The third kappa shape index (κ3) is 1.72. The van der Waals surface area contributed by atoms with Crippen molar-refractivity contribution < 1.29 is 4.79 Å². The van der Waals surface area contributed by atoms with Gasteiger partial charge in [-0.05, 0) is 12.8 Å². The van der Waals surface area contributed by atoms with Crippen LogP contribution >= 0.6 is 11.3 Å². The summed E-state index contributed by atoms with van der Waals surface area (Å²) in [4.78, 5) is 16.3. The van der Waals surface area contributed by atoms with Crippen LogP contribution in [0.4, 0.5) is 0 Å². The summed E-state index contributed by atoms with van der Waals surface area (Å²) in [5.74, 6) is 0.143.